The summed E-state index contributed by atoms with van der Waals surface area (Å²) in [6.07, 6.45) is 0.705. The zero-order chi connectivity index (χ0) is 17.4. The normalized spacial score (nSPS) is 11.7. The minimum Gasteiger partial charge on any atom is -0.479 e. The number of nitrogens with one attached hydrogen (secondary N) is 2. The molecule has 3 N–H and O–H groups in total. The number of rotatable bonds is 6. The Balaban J connectivity index is 1.83. The topological polar surface area (TPSA) is 83.0 Å². The zero-order valence-corrected chi connectivity index (χ0v) is 13.8. The fourth-order valence-corrected chi connectivity index (χ4v) is 1.90. The molecule has 0 unspecified atom stereocenters. The largest absolute Gasteiger partial charge is 0.479 e. The summed E-state index contributed by atoms with van der Waals surface area (Å²) in [7, 11) is 0. The van der Waals surface area contributed by atoms with Crippen molar-refractivity contribution in [3.05, 3.63) is 60.2 Å². The predicted molar refractivity (Wildman–Crippen MR) is 97.6 cm³/mol. The van der Waals surface area contributed by atoms with Crippen LogP contribution in [-0.4, -0.2) is 28.5 Å². The third-order valence-corrected chi connectivity index (χ3v) is 3.15. The number of carboxylic acid groups (broad SMARTS) is 1. The van der Waals surface area contributed by atoms with Gasteiger partial charge in [-0.25, -0.2) is 4.79 Å². The van der Waals surface area contributed by atoms with Crippen LogP contribution in [0.2, 0.25) is 0 Å². The molecule has 6 nitrogen and oxygen atoms in total. The van der Waals surface area contributed by atoms with Gasteiger partial charge in [0.25, 0.3) is 0 Å². The molecule has 0 radical (unpaired) electrons. The summed E-state index contributed by atoms with van der Waals surface area (Å²) < 4.78 is 5.25. The number of nitrogens with zero attached hydrogens (tertiary/aromatic N) is 1. The number of hydrogen-bond acceptors (Lipinski definition) is 4. The Labute approximate surface area is 145 Å². The van der Waals surface area contributed by atoms with E-state index in [1.54, 1.807) is 30.5 Å². The lowest BCUT2D eigenvalue weighted by molar-refractivity contribution is -0.144. The Morgan fingerprint density at radius 2 is 1.88 bits per heavy atom. The number of hydrogen-bond donors (Lipinski definition) is 3. The van der Waals surface area contributed by atoms with Crippen LogP contribution >= 0.6 is 12.2 Å². The van der Waals surface area contributed by atoms with Crippen LogP contribution in [-0.2, 0) is 4.79 Å². The van der Waals surface area contributed by atoms with E-state index in [0.717, 1.165) is 11.3 Å². The highest BCUT2D eigenvalue weighted by Crippen LogP contribution is 2.13. The van der Waals surface area contributed by atoms with Crippen molar-refractivity contribution in [2.24, 2.45) is 5.10 Å². The lowest BCUT2D eigenvalue weighted by Crippen LogP contribution is -2.23. The van der Waals surface area contributed by atoms with E-state index in [1.807, 2.05) is 30.3 Å². The highest BCUT2D eigenvalue weighted by molar-refractivity contribution is 7.80. The molecule has 0 amide bonds. The molecule has 0 saturated heterocycles. The van der Waals surface area contributed by atoms with Crippen LogP contribution < -0.4 is 15.5 Å². The summed E-state index contributed by atoms with van der Waals surface area (Å²) in [6.45, 7) is 1.47. The average Bonchev–Trinajstić information content (AvgIpc) is 2.57. The maximum atomic E-state index is 10.7. The fourth-order valence-electron chi connectivity index (χ4n) is 1.73. The van der Waals surface area contributed by atoms with Gasteiger partial charge in [-0.1, -0.05) is 18.2 Å². The first kappa shape index (κ1) is 17.4. The first-order valence-electron chi connectivity index (χ1n) is 7.19. The average molecular weight is 343 g/mol. The number of carboxylic acids is 1. The predicted octanol–water partition coefficient (Wildman–Crippen LogP) is 2.86. The molecule has 0 aromatic heterocycles. The third kappa shape index (κ3) is 5.69. The quantitative estimate of drug-likeness (QED) is 0.425. The first-order valence-corrected chi connectivity index (χ1v) is 7.60. The van der Waals surface area contributed by atoms with Crippen LogP contribution in [0.25, 0.3) is 0 Å². The maximum Gasteiger partial charge on any atom is 0.344 e. The van der Waals surface area contributed by atoms with Gasteiger partial charge in [0.05, 0.1) is 6.21 Å². The van der Waals surface area contributed by atoms with Crippen LogP contribution in [0.4, 0.5) is 5.69 Å². The molecule has 24 heavy (non-hydrogen) atoms. The van der Waals surface area contributed by atoms with Crippen molar-refractivity contribution in [3.8, 4) is 5.75 Å². The number of anilines is 1. The SMILES string of the molecule is C[C@@H](Oc1ccc(/C=N\NC(=S)Nc2ccccc2)cc1)C(=O)O. The number of aliphatic carboxylic acids is 1. The van der Waals surface area contributed by atoms with Gasteiger partial charge in [-0.05, 0) is 61.1 Å². The molecule has 0 bridgehead atoms. The van der Waals surface area contributed by atoms with Gasteiger partial charge in [0, 0.05) is 5.69 Å². The van der Waals surface area contributed by atoms with Crippen LogP contribution in [0.1, 0.15) is 12.5 Å². The van der Waals surface area contributed by atoms with Gasteiger partial charge in [-0.15, -0.1) is 0 Å². The van der Waals surface area contributed by atoms with Crippen LogP contribution in [0, 0.1) is 0 Å². The Bertz CT molecular complexity index is 718. The maximum absolute atomic E-state index is 10.7. The van der Waals surface area contributed by atoms with Crippen molar-refractivity contribution in [2.45, 2.75) is 13.0 Å². The number of carbonyl (C=O) groups is 1. The van der Waals surface area contributed by atoms with Crippen molar-refractivity contribution < 1.29 is 14.6 Å². The van der Waals surface area contributed by atoms with Gasteiger partial charge < -0.3 is 15.2 Å². The van der Waals surface area contributed by atoms with E-state index < -0.39 is 12.1 Å². The summed E-state index contributed by atoms with van der Waals surface area (Å²) in [5.74, 6) is -0.527. The van der Waals surface area contributed by atoms with Crippen LogP contribution in [0.15, 0.2) is 59.7 Å². The molecular formula is C17H17N3O3S. The van der Waals surface area contributed by atoms with Crippen molar-refractivity contribution in [2.75, 3.05) is 5.32 Å². The smallest absolute Gasteiger partial charge is 0.344 e. The Kier molecular flexibility index (Phi) is 6.27. The summed E-state index contributed by atoms with van der Waals surface area (Å²) in [5, 5.41) is 16.2. The minimum absolute atomic E-state index is 0.382. The number of benzene rings is 2. The van der Waals surface area contributed by atoms with Gasteiger partial charge in [-0.3, -0.25) is 5.43 Å². The molecular weight excluding hydrogens is 326 g/mol. The van der Waals surface area contributed by atoms with Crippen LogP contribution in [0.3, 0.4) is 0 Å². The molecule has 0 spiro atoms. The van der Waals surface area contributed by atoms with Crippen molar-refractivity contribution in [3.63, 3.8) is 0 Å². The lowest BCUT2D eigenvalue weighted by atomic mass is 10.2. The van der Waals surface area contributed by atoms with Gasteiger partial charge >= 0.3 is 5.97 Å². The monoisotopic (exact) mass is 343 g/mol. The molecule has 1 atom stereocenters. The van der Waals surface area contributed by atoms with Gasteiger partial charge in [0.2, 0.25) is 0 Å². The molecule has 0 fully saturated rings. The summed E-state index contributed by atoms with van der Waals surface area (Å²) in [5.41, 5.74) is 4.42. The van der Waals surface area contributed by atoms with Gasteiger partial charge in [-0.2, -0.15) is 5.10 Å². The molecule has 2 aromatic carbocycles. The highest BCUT2D eigenvalue weighted by Gasteiger charge is 2.11. The first-order chi connectivity index (χ1) is 11.5. The van der Waals surface area contributed by atoms with E-state index in [4.69, 9.17) is 22.1 Å². The van der Waals surface area contributed by atoms with Crippen molar-refractivity contribution >= 4 is 35.2 Å². The van der Waals surface area contributed by atoms with E-state index >= 15 is 0 Å². The van der Waals surface area contributed by atoms with E-state index in [9.17, 15) is 4.79 Å². The van der Waals surface area contributed by atoms with Gasteiger partial charge in [0.15, 0.2) is 11.2 Å². The minimum atomic E-state index is -1.01. The van der Waals surface area contributed by atoms with Crippen molar-refractivity contribution in [1.29, 1.82) is 0 Å². The Morgan fingerprint density at radius 1 is 1.21 bits per heavy atom. The fraction of sp³-hybridized carbons (Fsp3) is 0.118. The standard InChI is InChI=1S/C17H17N3O3S/c1-12(16(21)22)23-15-9-7-13(8-10-15)11-18-20-17(24)19-14-5-3-2-4-6-14/h2-12H,1H3,(H,21,22)(H2,19,20,24)/b18-11-/t12-/m1/s1. The van der Waals surface area contributed by atoms with E-state index in [-0.39, 0.29) is 0 Å². The Hall–Kier alpha value is -2.93. The number of hydrazone groups is 1. The summed E-state index contributed by atoms with van der Waals surface area (Å²) in [6, 6.07) is 16.4. The molecule has 124 valence electrons. The molecule has 7 heteroatoms. The molecule has 0 aliphatic carbocycles. The summed E-state index contributed by atoms with van der Waals surface area (Å²) in [4.78, 5) is 10.7. The van der Waals surface area contributed by atoms with E-state index in [0.29, 0.717) is 10.9 Å². The van der Waals surface area contributed by atoms with Crippen LogP contribution in [0.5, 0.6) is 5.75 Å². The number of ether oxygens (including phenoxy) is 1. The molecule has 0 saturated carbocycles. The third-order valence-electron chi connectivity index (χ3n) is 2.95. The molecule has 0 heterocycles. The van der Waals surface area contributed by atoms with E-state index in [2.05, 4.69) is 15.8 Å². The lowest BCUT2D eigenvalue weighted by Gasteiger charge is -2.10. The molecule has 2 aromatic rings. The summed E-state index contributed by atoms with van der Waals surface area (Å²) >= 11 is 5.13. The number of para-hydroxylation sites is 1. The second-order valence-corrected chi connectivity index (χ2v) is 5.27. The molecule has 0 aliphatic rings. The molecule has 2 rings (SSSR count). The van der Waals surface area contributed by atoms with Crippen molar-refractivity contribution in [1.82, 2.24) is 5.43 Å². The second-order valence-electron chi connectivity index (χ2n) is 4.86. The van der Waals surface area contributed by atoms with E-state index in [1.165, 1.54) is 6.92 Å². The second kappa shape index (κ2) is 8.64. The number of thiocarbonyl (C=S) groups is 1. The highest BCUT2D eigenvalue weighted by atomic mass is 32.1. The molecule has 0 aliphatic heterocycles. The Morgan fingerprint density at radius 3 is 2.50 bits per heavy atom. The van der Waals surface area contributed by atoms with Gasteiger partial charge in [0.1, 0.15) is 5.75 Å². The zero-order valence-electron chi connectivity index (χ0n) is 13.0.